The summed E-state index contributed by atoms with van der Waals surface area (Å²) in [5.41, 5.74) is 2.48. The Balaban J connectivity index is 1.63. The molecule has 0 spiro atoms. The van der Waals surface area contributed by atoms with Gasteiger partial charge in [-0.3, -0.25) is 9.36 Å². The third kappa shape index (κ3) is 6.20. The monoisotopic (exact) mass is 638 g/mol. The number of methoxy groups -OCH3 is 2. The summed E-state index contributed by atoms with van der Waals surface area (Å²) >= 11 is 13.4. The Morgan fingerprint density at radius 2 is 1.81 bits per heavy atom. The van der Waals surface area contributed by atoms with E-state index in [1.165, 1.54) is 23.0 Å². The molecular weight excluding hydrogens is 611 g/mol. The number of halogens is 2. The van der Waals surface area contributed by atoms with Crippen molar-refractivity contribution in [1.82, 2.24) is 4.57 Å². The van der Waals surface area contributed by atoms with Gasteiger partial charge < -0.3 is 18.9 Å². The van der Waals surface area contributed by atoms with Crippen LogP contribution in [-0.2, 0) is 16.1 Å². The number of nitrogens with zero attached hydrogens (tertiary/aromatic N) is 2. The number of ether oxygens (including phenoxy) is 4. The van der Waals surface area contributed by atoms with Gasteiger partial charge in [0.05, 0.1) is 46.7 Å². The Bertz CT molecular complexity index is 1910. The van der Waals surface area contributed by atoms with E-state index in [9.17, 15) is 9.59 Å². The van der Waals surface area contributed by atoms with Crippen LogP contribution < -0.4 is 29.1 Å². The lowest BCUT2D eigenvalue weighted by Gasteiger charge is -2.26. The Morgan fingerprint density at radius 3 is 2.53 bits per heavy atom. The standard InChI is InChI=1S/C32H28Cl2N2O6S/c1-5-41-31(38)28-18(2)35-32-36(29(28)22-16-21(39-3)11-13-26(22)40-4)30(37)27(43-32)15-20-8-6-7-9-25(20)42-17-19-10-12-23(33)24(34)14-19/h6-16,29H,5,17H2,1-4H3/b27-15-/t29-/m1/s1. The first-order valence-electron chi connectivity index (χ1n) is 13.3. The van der Waals surface area contributed by atoms with E-state index in [2.05, 4.69) is 4.99 Å². The maximum absolute atomic E-state index is 14.1. The van der Waals surface area contributed by atoms with E-state index in [1.54, 1.807) is 57.4 Å². The quantitative estimate of drug-likeness (QED) is 0.219. The summed E-state index contributed by atoms with van der Waals surface area (Å²) in [4.78, 5) is 32.5. The largest absolute Gasteiger partial charge is 0.497 e. The first-order valence-corrected chi connectivity index (χ1v) is 14.9. The van der Waals surface area contributed by atoms with Crippen LogP contribution in [0.25, 0.3) is 6.08 Å². The van der Waals surface area contributed by atoms with Gasteiger partial charge in [0.1, 0.15) is 29.9 Å². The lowest BCUT2D eigenvalue weighted by molar-refractivity contribution is -0.139. The summed E-state index contributed by atoms with van der Waals surface area (Å²) in [5.74, 6) is 1.05. The zero-order chi connectivity index (χ0) is 30.7. The molecule has 0 unspecified atom stereocenters. The smallest absolute Gasteiger partial charge is 0.338 e. The first kappa shape index (κ1) is 30.4. The van der Waals surface area contributed by atoms with Crippen LogP contribution in [0.4, 0.5) is 0 Å². The lowest BCUT2D eigenvalue weighted by atomic mass is 9.94. The molecule has 0 N–H and O–H groups in total. The van der Waals surface area contributed by atoms with Crippen molar-refractivity contribution < 1.29 is 23.7 Å². The fourth-order valence-electron chi connectivity index (χ4n) is 4.80. The van der Waals surface area contributed by atoms with Crippen molar-refractivity contribution in [2.45, 2.75) is 26.5 Å². The van der Waals surface area contributed by atoms with E-state index in [-0.39, 0.29) is 24.3 Å². The summed E-state index contributed by atoms with van der Waals surface area (Å²) in [6, 6.07) is 17.1. The third-order valence-corrected chi connectivity index (χ3v) is 8.55. The molecular formula is C32H28Cl2N2O6S. The molecule has 222 valence electrons. The van der Waals surface area contributed by atoms with E-state index < -0.39 is 12.0 Å². The molecule has 0 saturated heterocycles. The molecule has 3 aromatic carbocycles. The predicted molar refractivity (Wildman–Crippen MR) is 167 cm³/mol. The summed E-state index contributed by atoms with van der Waals surface area (Å²) in [5, 5.41) is 0.907. The maximum Gasteiger partial charge on any atom is 0.338 e. The molecule has 0 saturated carbocycles. The number of hydrogen-bond donors (Lipinski definition) is 0. The number of allylic oxidation sites excluding steroid dienone is 1. The molecule has 1 atom stereocenters. The molecule has 2 heterocycles. The van der Waals surface area contributed by atoms with Crippen LogP contribution in [0.15, 0.2) is 81.7 Å². The van der Waals surface area contributed by atoms with E-state index in [0.29, 0.717) is 53.5 Å². The van der Waals surface area contributed by atoms with Crippen molar-refractivity contribution >= 4 is 46.6 Å². The number of hydrogen-bond acceptors (Lipinski definition) is 8. The molecule has 1 aromatic heterocycles. The Hall–Kier alpha value is -4.05. The maximum atomic E-state index is 14.1. The number of carbonyl (C=O) groups excluding carboxylic acids is 1. The van der Waals surface area contributed by atoms with E-state index >= 15 is 0 Å². The number of esters is 1. The van der Waals surface area contributed by atoms with Gasteiger partial charge in [-0.1, -0.05) is 58.8 Å². The van der Waals surface area contributed by atoms with Crippen LogP contribution in [0, 0.1) is 0 Å². The van der Waals surface area contributed by atoms with Gasteiger partial charge in [-0.2, -0.15) is 0 Å². The van der Waals surface area contributed by atoms with Gasteiger partial charge in [-0.25, -0.2) is 9.79 Å². The molecule has 0 fully saturated rings. The predicted octanol–water partition coefficient (Wildman–Crippen LogP) is 5.70. The van der Waals surface area contributed by atoms with Crippen LogP contribution >= 0.6 is 34.5 Å². The van der Waals surface area contributed by atoms with Gasteiger partial charge in [0, 0.05) is 11.1 Å². The van der Waals surface area contributed by atoms with Gasteiger partial charge in [-0.05, 0) is 61.9 Å². The number of aromatic nitrogens is 1. The summed E-state index contributed by atoms with van der Waals surface area (Å²) in [7, 11) is 3.08. The molecule has 0 aliphatic carbocycles. The molecule has 1 aliphatic heterocycles. The second-order valence-corrected chi connectivity index (χ2v) is 11.3. The van der Waals surface area contributed by atoms with Crippen molar-refractivity contribution in [1.29, 1.82) is 0 Å². The number of carbonyl (C=O) groups is 1. The molecule has 1 aliphatic rings. The minimum absolute atomic E-state index is 0.168. The highest BCUT2D eigenvalue weighted by Gasteiger charge is 2.35. The van der Waals surface area contributed by atoms with Crippen LogP contribution in [0.5, 0.6) is 17.2 Å². The SMILES string of the molecule is CCOC(=O)C1=C(C)N=c2s/c(=C\c3ccccc3OCc3ccc(Cl)c(Cl)c3)c(=O)n2[C@@H]1c1cc(OC)ccc1OC. The molecule has 4 aromatic rings. The minimum Gasteiger partial charge on any atom is -0.497 e. The van der Waals surface area contributed by atoms with Gasteiger partial charge >= 0.3 is 5.97 Å². The first-order chi connectivity index (χ1) is 20.7. The molecule has 0 radical (unpaired) electrons. The molecule has 0 amide bonds. The van der Waals surface area contributed by atoms with Crippen LogP contribution in [0.1, 0.15) is 36.6 Å². The Morgan fingerprint density at radius 1 is 1.02 bits per heavy atom. The van der Waals surface area contributed by atoms with E-state index in [4.69, 9.17) is 42.1 Å². The van der Waals surface area contributed by atoms with Gasteiger partial charge in [0.25, 0.3) is 5.56 Å². The van der Waals surface area contributed by atoms with Gasteiger partial charge in [-0.15, -0.1) is 0 Å². The highest BCUT2D eigenvalue weighted by molar-refractivity contribution is 7.07. The second kappa shape index (κ2) is 13.1. The van der Waals surface area contributed by atoms with E-state index in [0.717, 1.165) is 5.56 Å². The Labute approximate surface area is 262 Å². The van der Waals surface area contributed by atoms with Crippen molar-refractivity contribution in [3.8, 4) is 17.2 Å². The molecule has 8 nitrogen and oxygen atoms in total. The van der Waals surface area contributed by atoms with Gasteiger partial charge in [0.2, 0.25) is 0 Å². The van der Waals surface area contributed by atoms with Crippen LogP contribution in [0.2, 0.25) is 10.0 Å². The normalized spacial score (nSPS) is 14.7. The fraction of sp³-hybridized carbons (Fsp3) is 0.219. The molecule has 0 bridgehead atoms. The summed E-state index contributed by atoms with van der Waals surface area (Å²) in [6.07, 6.45) is 1.76. The van der Waals surface area contributed by atoms with E-state index in [1.807, 2.05) is 30.3 Å². The van der Waals surface area contributed by atoms with Crippen molar-refractivity contribution in [3.63, 3.8) is 0 Å². The number of para-hydroxylation sites is 1. The van der Waals surface area contributed by atoms with Crippen molar-refractivity contribution in [2.24, 2.45) is 4.99 Å². The zero-order valence-electron chi connectivity index (χ0n) is 23.9. The molecule has 11 heteroatoms. The van der Waals surface area contributed by atoms with Crippen LogP contribution in [-0.4, -0.2) is 31.4 Å². The second-order valence-electron chi connectivity index (χ2n) is 9.49. The highest BCUT2D eigenvalue weighted by atomic mass is 35.5. The lowest BCUT2D eigenvalue weighted by Crippen LogP contribution is -2.40. The average Bonchev–Trinajstić information content (AvgIpc) is 3.31. The van der Waals surface area contributed by atoms with Crippen molar-refractivity contribution in [2.75, 3.05) is 20.8 Å². The third-order valence-electron chi connectivity index (χ3n) is 6.83. The number of fused-ring (bicyclic) bond motifs is 1. The average molecular weight is 640 g/mol. The molecule has 5 rings (SSSR count). The number of thiazole rings is 1. The highest BCUT2D eigenvalue weighted by Crippen LogP contribution is 2.38. The topological polar surface area (TPSA) is 88.4 Å². The Kier molecular flexibility index (Phi) is 9.25. The number of benzene rings is 3. The fourth-order valence-corrected chi connectivity index (χ4v) is 6.16. The zero-order valence-corrected chi connectivity index (χ0v) is 26.2. The molecule has 43 heavy (non-hydrogen) atoms. The summed E-state index contributed by atoms with van der Waals surface area (Å²) in [6.45, 7) is 3.88. The van der Waals surface area contributed by atoms with Crippen LogP contribution in [0.3, 0.4) is 0 Å². The minimum atomic E-state index is -0.858. The van der Waals surface area contributed by atoms with Crippen molar-refractivity contribution in [3.05, 3.63) is 118 Å². The van der Waals surface area contributed by atoms with Gasteiger partial charge in [0.15, 0.2) is 4.80 Å². The number of rotatable bonds is 9. The summed E-state index contributed by atoms with van der Waals surface area (Å²) < 4.78 is 24.6.